The van der Waals surface area contributed by atoms with Crippen LogP contribution in [0.3, 0.4) is 0 Å². The Hall–Kier alpha value is -2.76. The number of ether oxygens (including phenoxy) is 1. The van der Waals surface area contributed by atoms with Gasteiger partial charge in [-0.15, -0.1) is 0 Å². The second kappa shape index (κ2) is 5.26. The van der Waals surface area contributed by atoms with E-state index in [1.54, 1.807) is 42.5 Å². The number of nitrogens with two attached hydrogens (primary N) is 1. The first-order valence-electron chi connectivity index (χ1n) is 5.56. The van der Waals surface area contributed by atoms with Gasteiger partial charge in [-0.2, -0.15) is 0 Å². The minimum absolute atomic E-state index is 0.104. The normalized spacial score (nSPS) is 9.95. The van der Waals surface area contributed by atoms with Crippen LogP contribution in [0.25, 0.3) is 0 Å². The first-order chi connectivity index (χ1) is 9.11. The summed E-state index contributed by atoms with van der Waals surface area (Å²) in [4.78, 5) is 10.6. The minimum atomic E-state index is -0.479. The van der Waals surface area contributed by atoms with Crippen molar-refractivity contribution in [3.8, 4) is 5.75 Å². The van der Waals surface area contributed by atoms with Crippen molar-refractivity contribution in [2.45, 2.75) is 0 Å². The van der Waals surface area contributed by atoms with Crippen molar-refractivity contribution in [1.29, 1.82) is 0 Å². The molecule has 0 aromatic heterocycles. The lowest BCUT2D eigenvalue weighted by molar-refractivity contribution is -0.384. The third-order valence-electron chi connectivity index (χ3n) is 2.57. The molecule has 0 bridgehead atoms. The average molecular weight is 259 g/mol. The maximum absolute atomic E-state index is 11.1. The molecule has 0 aliphatic heterocycles. The third kappa shape index (κ3) is 2.74. The van der Waals surface area contributed by atoms with Crippen LogP contribution in [0.5, 0.6) is 5.75 Å². The lowest BCUT2D eigenvalue weighted by Crippen LogP contribution is -2.00. The molecular weight excluding hydrogens is 246 g/mol. The molecule has 0 aliphatic carbocycles. The highest BCUT2D eigenvalue weighted by Crippen LogP contribution is 2.36. The third-order valence-corrected chi connectivity index (χ3v) is 2.57. The highest BCUT2D eigenvalue weighted by Gasteiger charge is 2.20. The summed E-state index contributed by atoms with van der Waals surface area (Å²) < 4.78 is 5.00. The Labute approximate surface area is 110 Å². The van der Waals surface area contributed by atoms with Crippen LogP contribution in [-0.2, 0) is 0 Å². The second-order valence-corrected chi connectivity index (χ2v) is 3.86. The van der Waals surface area contributed by atoms with Gasteiger partial charge in [-0.05, 0) is 30.3 Å². The Balaban J connectivity index is 2.42. The van der Waals surface area contributed by atoms with Gasteiger partial charge in [0, 0.05) is 11.4 Å². The molecule has 0 atom stereocenters. The molecule has 0 radical (unpaired) electrons. The number of nitro groups is 1. The fraction of sp³-hybridized carbons (Fsp3) is 0.0769. The van der Waals surface area contributed by atoms with Crippen molar-refractivity contribution < 1.29 is 9.66 Å². The van der Waals surface area contributed by atoms with E-state index in [1.807, 2.05) is 0 Å². The SMILES string of the molecule is COc1cccc(Nc2cccc(N)c2)c1[N+](=O)[O-]. The summed E-state index contributed by atoms with van der Waals surface area (Å²) in [6.07, 6.45) is 0. The van der Waals surface area contributed by atoms with E-state index in [4.69, 9.17) is 10.5 Å². The van der Waals surface area contributed by atoms with Crippen LogP contribution in [0.2, 0.25) is 0 Å². The van der Waals surface area contributed by atoms with Crippen LogP contribution in [-0.4, -0.2) is 12.0 Å². The molecule has 0 saturated heterocycles. The quantitative estimate of drug-likeness (QED) is 0.500. The van der Waals surface area contributed by atoms with Gasteiger partial charge in [-0.3, -0.25) is 10.1 Å². The molecule has 2 aromatic carbocycles. The second-order valence-electron chi connectivity index (χ2n) is 3.86. The molecule has 2 rings (SSSR count). The number of nitrogens with one attached hydrogen (secondary N) is 1. The number of nitro benzene ring substituents is 1. The van der Waals surface area contributed by atoms with Crippen molar-refractivity contribution in [3.63, 3.8) is 0 Å². The van der Waals surface area contributed by atoms with Gasteiger partial charge in [0.2, 0.25) is 0 Å². The highest BCUT2D eigenvalue weighted by molar-refractivity contribution is 5.74. The first kappa shape index (κ1) is 12.7. The Morgan fingerprint density at radius 1 is 1.26 bits per heavy atom. The van der Waals surface area contributed by atoms with Crippen LogP contribution >= 0.6 is 0 Å². The summed E-state index contributed by atoms with van der Waals surface area (Å²) in [5.74, 6) is 0.207. The fourth-order valence-corrected chi connectivity index (χ4v) is 1.75. The molecule has 6 heteroatoms. The van der Waals surface area contributed by atoms with E-state index < -0.39 is 4.92 Å². The molecule has 0 fully saturated rings. The molecule has 2 aromatic rings. The number of hydrogen-bond donors (Lipinski definition) is 2. The Morgan fingerprint density at radius 3 is 2.63 bits per heavy atom. The topological polar surface area (TPSA) is 90.4 Å². The molecular formula is C13H13N3O3. The van der Waals surface area contributed by atoms with Gasteiger partial charge in [0.1, 0.15) is 5.69 Å². The Bertz CT molecular complexity index is 614. The summed E-state index contributed by atoms with van der Waals surface area (Å²) in [6, 6.07) is 11.8. The zero-order chi connectivity index (χ0) is 13.8. The van der Waals surface area contributed by atoms with Crippen LogP contribution in [0, 0.1) is 10.1 Å². The summed E-state index contributed by atoms with van der Waals surface area (Å²) in [7, 11) is 1.40. The molecule has 0 aliphatic rings. The number of nitrogen functional groups attached to an aromatic ring is 1. The van der Waals surface area contributed by atoms with E-state index in [9.17, 15) is 10.1 Å². The molecule has 3 N–H and O–H groups in total. The summed E-state index contributed by atoms with van der Waals surface area (Å²) in [5.41, 5.74) is 7.18. The molecule has 0 saturated carbocycles. The first-order valence-corrected chi connectivity index (χ1v) is 5.56. The van der Waals surface area contributed by atoms with E-state index in [1.165, 1.54) is 7.11 Å². The van der Waals surface area contributed by atoms with Crippen LogP contribution in [0.4, 0.5) is 22.7 Å². The van der Waals surface area contributed by atoms with Gasteiger partial charge in [-0.25, -0.2) is 0 Å². The Kier molecular flexibility index (Phi) is 3.51. The van der Waals surface area contributed by atoms with E-state index in [0.29, 0.717) is 17.1 Å². The summed E-state index contributed by atoms with van der Waals surface area (Å²) in [5, 5.41) is 14.1. The van der Waals surface area contributed by atoms with Crippen molar-refractivity contribution in [2.24, 2.45) is 0 Å². The van der Waals surface area contributed by atoms with Crippen LogP contribution in [0.1, 0.15) is 0 Å². The number of anilines is 3. The predicted molar refractivity (Wildman–Crippen MR) is 73.8 cm³/mol. The zero-order valence-corrected chi connectivity index (χ0v) is 10.3. The molecule has 0 unspecified atom stereocenters. The van der Waals surface area contributed by atoms with Crippen LogP contribution < -0.4 is 15.8 Å². The fourth-order valence-electron chi connectivity index (χ4n) is 1.75. The zero-order valence-electron chi connectivity index (χ0n) is 10.3. The number of rotatable bonds is 4. The summed E-state index contributed by atoms with van der Waals surface area (Å²) >= 11 is 0. The number of methoxy groups -OCH3 is 1. The molecule has 98 valence electrons. The number of nitrogens with zero attached hydrogens (tertiary/aromatic N) is 1. The van der Waals surface area contributed by atoms with Crippen molar-refractivity contribution >= 4 is 22.7 Å². The monoisotopic (exact) mass is 259 g/mol. The standard InChI is InChI=1S/C13H13N3O3/c1-19-12-7-3-6-11(13(12)16(17)18)15-10-5-2-4-9(14)8-10/h2-8,15H,14H2,1H3. The van der Waals surface area contributed by atoms with Gasteiger partial charge in [0.15, 0.2) is 5.75 Å². The number of hydrogen-bond acceptors (Lipinski definition) is 5. The number of para-hydroxylation sites is 1. The molecule has 6 nitrogen and oxygen atoms in total. The van der Waals surface area contributed by atoms with Crippen molar-refractivity contribution in [3.05, 3.63) is 52.6 Å². The molecule has 0 amide bonds. The van der Waals surface area contributed by atoms with Gasteiger partial charge in [0.25, 0.3) is 0 Å². The summed E-state index contributed by atoms with van der Waals surface area (Å²) in [6.45, 7) is 0. The van der Waals surface area contributed by atoms with Gasteiger partial charge in [0.05, 0.1) is 12.0 Å². The predicted octanol–water partition coefficient (Wildman–Crippen LogP) is 2.93. The van der Waals surface area contributed by atoms with Crippen molar-refractivity contribution in [2.75, 3.05) is 18.2 Å². The van der Waals surface area contributed by atoms with Gasteiger partial charge < -0.3 is 15.8 Å². The molecule has 19 heavy (non-hydrogen) atoms. The maximum Gasteiger partial charge on any atom is 0.334 e. The lowest BCUT2D eigenvalue weighted by Gasteiger charge is -2.09. The average Bonchev–Trinajstić information content (AvgIpc) is 2.38. The largest absolute Gasteiger partial charge is 0.490 e. The minimum Gasteiger partial charge on any atom is -0.490 e. The molecule has 0 heterocycles. The molecule has 0 spiro atoms. The maximum atomic E-state index is 11.1. The lowest BCUT2D eigenvalue weighted by atomic mass is 10.2. The highest BCUT2D eigenvalue weighted by atomic mass is 16.6. The van der Waals surface area contributed by atoms with Crippen LogP contribution in [0.15, 0.2) is 42.5 Å². The number of benzene rings is 2. The van der Waals surface area contributed by atoms with E-state index >= 15 is 0 Å². The van der Waals surface area contributed by atoms with Gasteiger partial charge in [-0.1, -0.05) is 12.1 Å². The van der Waals surface area contributed by atoms with E-state index in [-0.39, 0.29) is 11.4 Å². The van der Waals surface area contributed by atoms with Crippen molar-refractivity contribution in [1.82, 2.24) is 0 Å². The Morgan fingerprint density at radius 2 is 2.00 bits per heavy atom. The van der Waals surface area contributed by atoms with Gasteiger partial charge >= 0.3 is 5.69 Å². The van der Waals surface area contributed by atoms with E-state index in [2.05, 4.69) is 5.32 Å². The van der Waals surface area contributed by atoms with E-state index in [0.717, 1.165) is 0 Å². The smallest absolute Gasteiger partial charge is 0.334 e.